The molecule has 0 unspecified atom stereocenters. The third-order valence-electron chi connectivity index (χ3n) is 5.00. The molecule has 0 bridgehead atoms. The van der Waals surface area contributed by atoms with Crippen LogP contribution in [-0.2, 0) is 17.7 Å². The monoisotopic (exact) mass is 444 g/mol. The fourth-order valence-electron chi connectivity index (χ4n) is 3.34. The molecule has 0 fully saturated rings. The van der Waals surface area contributed by atoms with Crippen LogP contribution in [0.25, 0.3) is 0 Å². The minimum Gasteiger partial charge on any atom is -0.462 e. The van der Waals surface area contributed by atoms with Gasteiger partial charge in [0, 0.05) is 23.5 Å². The van der Waals surface area contributed by atoms with E-state index in [9.17, 15) is 27.2 Å². The highest BCUT2D eigenvalue weighted by molar-refractivity contribution is 7.17. The normalized spacial score (nSPS) is 13.8. The van der Waals surface area contributed by atoms with Crippen molar-refractivity contribution in [3.63, 3.8) is 0 Å². The van der Waals surface area contributed by atoms with E-state index in [1.54, 1.807) is 6.92 Å². The van der Waals surface area contributed by atoms with Gasteiger partial charge in [-0.1, -0.05) is 6.92 Å². The van der Waals surface area contributed by atoms with Crippen LogP contribution in [0, 0.1) is 30.2 Å². The van der Waals surface area contributed by atoms with Crippen molar-refractivity contribution in [2.24, 2.45) is 0 Å². The molecule has 1 N–H and O–H groups in total. The topological polar surface area (TPSA) is 58.6 Å². The van der Waals surface area contributed by atoms with Gasteiger partial charge in [-0.3, -0.25) is 9.69 Å². The summed E-state index contributed by atoms with van der Waals surface area (Å²) in [6, 6.07) is 0. The summed E-state index contributed by atoms with van der Waals surface area (Å²) >= 11 is 1.07. The fraction of sp³-hybridized carbons (Fsp3) is 0.400. The summed E-state index contributed by atoms with van der Waals surface area (Å²) in [4.78, 5) is 28.0. The van der Waals surface area contributed by atoms with Crippen molar-refractivity contribution in [2.45, 2.75) is 33.7 Å². The summed E-state index contributed by atoms with van der Waals surface area (Å²) in [5, 5.41) is 2.29. The maximum Gasteiger partial charge on any atom is 0.341 e. The maximum atomic E-state index is 14.2. The van der Waals surface area contributed by atoms with Crippen LogP contribution in [0.4, 0.5) is 22.6 Å². The zero-order valence-electron chi connectivity index (χ0n) is 16.6. The van der Waals surface area contributed by atoms with Gasteiger partial charge in [-0.25, -0.2) is 22.4 Å². The highest BCUT2D eigenvalue weighted by Gasteiger charge is 2.32. The molecular weight excluding hydrogens is 424 g/mol. The number of thiophene rings is 1. The number of rotatable bonds is 5. The van der Waals surface area contributed by atoms with Crippen LogP contribution in [0.5, 0.6) is 0 Å². The van der Waals surface area contributed by atoms with E-state index >= 15 is 0 Å². The number of fused-ring (bicyclic) bond motifs is 1. The Morgan fingerprint density at radius 3 is 2.27 bits per heavy atom. The van der Waals surface area contributed by atoms with Crippen molar-refractivity contribution in [3.8, 4) is 0 Å². The molecule has 0 radical (unpaired) electrons. The van der Waals surface area contributed by atoms with Crippen molar-refractivity contribution < 1.29 is 31.9 Å². The van der Waals surface area contributed by atoms with Gasteiger partial charge >= 0.3 is 5.97 Å². The zero-order valence-corrected chi connectivity index (χ0v) is 17.4. The van der Waals surface area contributed by atoms with Gasteiger partial charge in [-0.2, -0.15) is 0 Å². The molecule has 3 rings (SSSR count). The van der Waals surface area contributed by atoms with Crippen molar-refractivity contribution in [2.75, 3.05) is 25.0 Å². The molecule has 0 saturated heterocycles. The van der Waals surface area contributed by atoms with Crippen molar-refractivity contribution in [1.29, 1.82) is 0 Å². The molecule has 1 aliphatic rings. The molecule has 1 aromatic heterocycles. The quantitative estimate of drug-likeness (QED) is 0.422. The maximum absolute atomic E-state index is 14.2. The second-order valence-electron chi connectivity index (χ2n) is 6.76. The molecule has 1 aliphatic heterocycles. The summed E-state index contributed by atoms with van der Waals surface area (Å²) < 4.78 is 61.3. The lowest BCUT2D eigenvalue weighted by Crippen LogP contribution is -2.30. The minimum atomic E-state index is -1.79. The lowest BCUT2D eigenvalue weighted by atomic mass is 10.0. The van der Waals surface area contributed by atoms with Gasteiger partial charge in [0.15, 0.2) is 23.3 Å². The predicted octanol–water partition coefficient (Wildman–Crippen LogP) is 4.42. The third-order valence-corrected chi connectivity index (χ3v) is 6.13. The Kier molecular flexibility index (Phi) is 6.47. The van der Waals surface area contributed by atoms with Gasteiger partial charge < -0.3 is 10.1 Å². The van der Waals surface area contributed by atoms with Gasteiger partial charge in [-0.05, 0) is 32.4 Å². The minimum absolute atomic E-state index is 0.0293. The number of hydrogen-bond acceptors (Lipinski definition) is 5. The number of halogens is 4. The molecule has 162 valence electrons. The highest BCUT2D eigenvalue weighted by atomic mass is 32.1. The third kappa shape index (κ3) is 3.81. The van der Waals surface area contributed by atoms with Gasteiger partial charge in [0.05, 0.1) is 12.2 Å². The lowest BCUT2D eigenvalue weighted by molar-refractivity contribution is 0.0526. The van der Waals surface area contributed by atoms with E-state index in [2.05, 4.69) is 10.2 Å². The highest BCUT2D eigenvalue weighted by Crippen LogP contribution is 2.38. The van der Waals surface area contributed by atoms with E-state index in [0.29, 0.717) is 25.1 Å². The smallest absolute Gasteiger partial charge is 0.341 e. The van der Waals surface area contributed by atoms with Gasteiger partial charge in [0.1, 0.15) is 10.6 Å². The first-order chi connectivity index (χ1) is 14.2. The number of benzene rings is 1. The number of esters is 1. The summed E-state index contributed by atoms with van der Waals surface area (Å²) in [6.45, 7) is 6.58. The predicted molar refractivity (Wildman–Crippen MR) is 104 cm³/mol. The first-order valence-corrected chi connectivity index (χ1v) is 10.2. The number of nitrogens with one attached hydrogen (secondary N) is 1. The van der Waals surface area contributed by atoms with E-state index in [1.165, 1.54) is 0 Å². The van der Waals surface area contributed by atoms with Gasteiger partial charge in [-0.15, -0.1) is 11.3 Å². The van der Waals surface area contributed by atoms with Crippen LogP contribution in [0.2, 0.25) is 0 Å². The molecule has 10 heteroatoms. The lowest BCUT2D eigenvalue weighted by Gasteiger charge is -2.25. The summed E-state index contributed by atoms with van der Waals surface area (Å²) in [7, 11) is 0. The Hall–Kier alpha value is -2.46. The number of amides is 1. The SMILES string of the molecule is CCOC(=O)c1c(NC(=O)c2c(F)c(F)c(C)c(F)c2F)sc2c1CCN(CC)C2. The Bertz CT molecular complexity index is 993. The van der Waals surface area contributed by atoms with Crippen LogP contribution in [-0.4, -0.2) is 36.5 Å². The van der Waals surface area contributed by atoms with E-state index in [1.807, 2.05) is 6.92 Å². The average molecular weight is 444 g/mol. The van der Waals surface area contributed by atoms with Crippen LogP contribution >= 0.6 is 11.3 Å². The Morgan fingerprint density at radius 2 is 1.70 bits per heavy atom. The van der Waals surface area contributed by atoms with Gasteiger partial charge in [0.2, 0.25) is 0 Å². The molecule has 1 amide bonds. The standard InChI is InChI=1S/C20H20F4N2O3S/c1-4-26-7-6-10-11(8-26)30-19(12(10)20(28)29-5-2)25-18(27)13-16(23)14(21)9(3)15(22)17(13)24/h4-8H2,1-3H3,(H,25,27). The Morgan fingerprint density at radius 1 is 1.07 bits per heavy atom. The van der Waals surface area contributed by atoms with Crippen molar-refractivity contribution >= 4 is 28.2 Å². The number of carbonyl (C=O) groups is 2. The van der Waals surface area contributed by atoms with Crippen molar-refractivity contribution in [1.82, 2.24) is 4.90 Å². The number of carbonyl (C=O) groups excluding carboxylic acids is 2. The van der Waals surface area contributed by atoms with Crippen molar-refractivity contribution in [3.05, 3.63) is 50.4 Å². The number of likely N-dealkylation sites (N-methyl/N-ethyl adjacent to an activating group) is 1. The molecule has 2 aromatic rings. The van der Waals surface area contributed by atoms with Crippen LogP contribution < -0.4 is 5.32 Å². The molecule has 5 nitrogen and oxygen atoms in total. The van der Waals surface area contributed by atoms with Gasteiger partial charge in [0.25, 0.3) is 5.91 Å². The fourth-order valence-corrected chi connectivity index (χ4v) is 4.61. The summed E-state index contributed by atoms with van der Waals surface area (Å²) in [5.41, 5.74) is -1.44. The molecule has 0 aliphatic carbocycles. The van der Waals surface area contributed by atoms with Crippen LogP contribution in [0.15, 0.2) is 0 Å². The first-order valence-electron chi connectivity index (χ1n) is 9.39. The second-order valence-corrected chi connectivity index (χ2v) is 7.86. The first kappa shape index (κ1) is 22.2. The van der Waals surface area contributed by atoms with E-state index in [4.69, 9.17) is 4.74 Å². The summed E-state index contributed by atoms with van der Waals surface area (Å²) in [5.74, 6) is -8.95. The van der Waals surface area contributed by atoms with Crippen LogP contribution in [0.1, 0.15) is 50.6 Å². The average Bonchev–Trinajstić information content (AvgIpc) is 3.07. The van der Waals surface area contributed by atoms with Crippen LogP contribution in [0.3, 0.4) is 0 Å². The van der Waals surface area contributed by atoms with E-state index in [-0.39, 0.29) is 17.2 Å². The number of nitrogens with zero attached hydrogens (tertiary/aromatic N) is 1. The number of anilines is 1. The van der Waals surface area contributed by atoms with E-state index in [0.717, 1.165) is 29.7 Å². The second kappa shape index (κ2) is 8.73. The zero-order chi connectivity index (χ0) is 22.2. The Balaban J connectivity index is 2.04. The molecule has 1 aromatic carbocycles. The summed E-state index contributed by atoms with van der Waals surface area (Å²) in [6.07, 6.45) is 0.528. The molecule has 30 heavy (non-hydrogen) atoms. The largest absolute Gasteiger partial charge is 0.462 e. The molecule has 0 atom stereocenters. The number of hydrogen-bond donors (Lipinski definition) is 1. The van der Waals surface area contributed by atoms with E-state index < -0.39 is 46.3 Å². The molecular formula is C20H20F4N2O3S. The molecule has 0 saturated carbocycles. The Labute approximate surface area is 174 Å². The number of ether oxygens (including phenoxy) is 1. The molecule has 2 heterocycles. The molecule has 0 spiro atoms.